The van der Waals surface area contributed by atoms with Crippen LogP contribution in [-0.2, 0) is 11.2 Å². The number of aldehydes is 1. The predicted molar refractivity (Wildman–Crippen MR) is 54.8 cm³/mol. The van der Waals surface area contributed by atoms with Gasteiger partial charge in [0, 0.05) is 6.42 Å². The molecule has 1 aromatic carbocycles. The second-order valence-corrected chi connectivity index (χ2v) is 3.40. The summed E-state index contributed by atoms with van der Waals surface area (Å²) >= 11 is 0. The lowest BCUT2D eigenvalue weighted by Crippen LogP contribution is -1.86. The van der Waals surface area contributed by atoms with Crippen LogP contribution in [0.4, 0.5) is 0 Å². The molecular weight excluding hydrogens is 160 g/mol. The second-order valence-electron chi connectivity index (χ2n) is 3.40. The molecular formula is C12H16O. The van der Waals surface area contributed by atoms with Crippen LogP contribution in [0.2, 0.25) is 0 Å². The van der Waals surface area contributed by atoms with Crippen LogP contribution in [0.15, 0.2) is 24.3 Å². The molecule has 1 rings (SSSR count). The van der Waals surface area contributed by atoms with E-state index in [-0.39, 0.29) is 0 Å². The molecule has 0 radical (unpaired) electrons. The van der Waals surface area contributed by atoms with Gasteiger partial charge >= 0.3 is 0 Å². The summed E-state index contributed by atoms with van der Waals surface area (Å²) in [4.78, 5) is 10.1. The molecule has 0 saturated carbocycles. The molecule has 0 fully saturated rings. The second kappa shape index (κ2) is 5.52. The van der Waals surface area contributed by atoms with Gasteiger partial charge in [0.1, 0.15) is 6.29 Å². The summed E-state index contributed by atoms with van der Waals surface area (Å²) in [7, 11) is 0. The first-order chi connectivity index (χ1) is 6.33. The van der Waals surface area contributed by atoms with Gasteiger partial charge in [0.05, 0.1) is 0 Å². The van der Waals surface area contributed by atoms with Crippen molar-refractivity contribution >= 4 is 6.29 Å². The summed E-state index contributed by atoms with van der Waals surface area (Å²) < 4.78 is 0. The molecule has 0 aliphatic rings. The molecule has 1 aromatic rings. The van der Waals surface area contributed by atoms with Crippen molar-refractivity contribution in [2.24, 2.45) is 0 Å². The predicted octanol–water partition coefficient (Wildman–Crippen LogP) is 2.91. The third-order valence-corrected chi connectivity index (χ3v) is 2.16. The van der Waals surface area contributed by atoms with Crippen molar-refractivity contribution in [2.75, 3.05) is 0 Å². The maximum absolute atomic E-state index is 10.1. The van der Waals surface area contributed by atoms with Crippen LogP contribution in [0.5, 0.6) is 0 Å². The zero-order chi connectivity index (χ0) is 9.52. The Labute approximate surface area is 79.8 Å². The summed E-state index contributed by atoms with van der Waals surface area (Å²) in [6.45, 7) is 2.09. The molecule has 0 spiro atoms. The van der Waals surface area contributed by atoms with Crippen LogP contribution in [0.1, 0.15) is 30.4 Å². The van der Waals surface area contributed by atoms with Crippen LogP contribution in [-0.4, -0.2) is 6.29 Å². The Kier molecular flexibility index (Phi) is 4.24. The Morgan fingerprint density at radius 2 is 1.85 bits per heavy atom. The number of aryl methyl sites for hydroxylation is 2. The fourth-order valence-electron chi connectivity index (χ4n) is 1.31. The molecule has 1 heteroatoms. The van der Waals surface area contributed by atoms with Gasteiger partial charge < -0.3 is 4.79 Å². The van der Waals surface area contributed by atoms with E-state index >= 15 is 0 Å². The van der Waals surface area contributed by atoms with Crippen molar-refractivity contribution in [1.82, 2.24) is 0 Å². The van der Waals surface area contributed by atoms with Crippen LogP contribution < -0.4 is 0 Å². The first kappa shape index (κ1) is 9.97. The minimum atomic E-state index is 0.700. The zero-order valence-electron chi connectivity index (χ0n) is 8.12. The van der Waals surface area contributed by atoms with Gasteiger partial charge in [0.15, 0.2) is 0 Å². The van der Waals surface area contributed by atoms with E-state index < -0.39 is 0 Å². The Hall–Kier alpha value is -1.11. The molecule has 0 atom stereocenters. The number of hydrogen-bond donors (Lipinski definition) is 0. The molecule has 0 heterocycles. The lowest BCUT2D eigenvalue weighted by molar-refractivity contribution is -0.107. The molecule has 0 bridgehead atoms. The van der Waals surface area contributed by atoms with Gasteiger partial charge in [-0.05, 0) is 31.7 Å². The molecule has 1 nitrogen and oxygen atoms in total. The highest BCUT2D eigenvalue weighted by Crippen LogP contribution is 2.07. The normalized spacial score (nSPS) is 9.92. The van der Waals surface area contributed by atoms with Crippen molar-refractivity contribution in [3.8, 4) is 0 Å². The SMILES string of the molecule is Cc1ccc(CCCCC=O)cc1. The van der Waals surface area contributed by atoms with Gasteiger partial charge in [-0.15, -0.1) is 0 Å². The van der Waals surface area contributed by atoms with E-state index in [1.54, 1.807) is 0 Å². The summed E-state index contributed by atoms with van der Waals surface area (Å²) in [5.41, 5.74) is 2.67. The van der Waals surface area contributed by atoms with Gasteiger partial charge in [0.2, 0.25) is 0 Å². The van der Waals surface area contributed by atoms with E-state index in [0.717, 1.165) is 25.5 Å². The van der Waals surface area contributed by atoms with Crippen molar-refractivity contribution in [3.63, 3.8) is 0 Å². The standard InChI is InChI=1S/C12H16O/c1-11-6-8-12(9-7-11)5-3-2-4-10-13/h6-10H,2-5H2,1H3. The molecule has 0 aliphatic carbocycles. The maximum Gasteiger partial charge on any atom is 0.119 e. The van der Waals surface area contributed by atoms with E-state index in [0.29, 0.717) is 6.42 Å². The number of hydrogen-bond acceptors (Lipinski definition) is 1. The number of carbonyl (C=O) groups is 1. The highest BCUT2D eigenvalue weighted by molar-refractivity contribution is 5.48. The van der Waals surface area contributed by atoms with E-state index in [4.69, 9.17) is 0 Å². The summed E-state index contributed by atoms with van der Waals surface area (Å²) in [5.74, 6) is 0. The van der Waals surface area contributed by atoms with Crippen LogP contribution in [0, 0.1) is 6.92 Å². The Morgan fingerprint density at radius 3 is 2.46 bits per heavy atom. The van der Waals surface area contributed by atoms with Crippen molar-refractivity contribution < 1.29 is 4.79 Å². The molecule has 0 N–H and O–H groups in total. The Morgan fingerprint density at radius 1 is 1.15 bits per heavy atom. The average molecular weight is 176 g/mol. The van der Waals surface area contributed by atoms with E-state index in [2.05, 4.69) is 31.2 Å². The topological polar surface area (TPSA) is 17.1 Å². The minimum absolute atomic E-state index is 0.700. The summed E-state index contributed by atoms with van der Waals surface area (Å²) in [5, 5.41) is 0. The van der Waals surface area contributed by atoms with Crippen LogP contribution in [0.25, 0.3) is 0 Å². The highest BCUT2D eigenvalue weighted by atomic mass is 16.1. The van der Waals surface area contributed by atoms with Gasteiger partial charge in [-0.1, -0.05) is 29.8 Å². The Bertz CT molecular complexity index is 248. The number of benzene rings is 1. The molecule has 0 aromatic heterocycles. The number of rotatable bonds is 5. The molecule has 70 valence electrons. The van der Waals surface area contributed by atoms with Gasteiger partial charge in [-0.25, -0.2) is 0 Å². The number of carbonyl (C=O) groups excluding carboxylic acids is 1. The fraction of sp³-hybridized carbons (Fsp3) is 0.417. The van der Waals surface area contributed by atoms with Crippen molar-refractivity contribution in [3.05, 3.63) is 35.4 Å². The zero-order valence-corrected chi connectivity index (χ0v) is 8.12. The van der Waals surface area contributed by atoms with Crippen LogP contribution >= 0.6 is 0 Å². The largest absolute Gasteiger partial charge is 0.303 e. The first-order valence-corrected chi connectivity index (χ1v) is 4.82. The molecule has 0 unspecified atom stereocenters. The average Bonchev–Trinajstić information content (AvgIpc) is 2.15. The van der Waals surface area contributed by atoms with Gasteiger partial charge in [-0.2, -0.15) is 0 Å². The van der Waals surface area contributed by atoms with Crippen molar-refractivity contribution in [2.45, 2.75) is 32.6 Å². The summed E-state index contributed by atoms with van der Waals surface area (Å²) in [6.07, 6.45) is 4.91. The third kappa shape index (κ3) is 3.88. The molecule has 13 heavy (non-hydrogen) atoms. The highest BCUT2D eigenvalue weighted by Gasteiger charge is 1.92. The van der Waals surface area contributed by atoms with E-state index in [1.165, 1.54) is 11.1 Å². The smallest absolute Gasteiger partial charge is 0.119 e. The maximum atomic E-state index is 10.1. The Balaban J connectivity index is 2.28. The quantitative estimate of drug-likeness (QED) is 0.498. The summed E-state index contributed by atoms with van der Waals surface area (Å²) in [6, 6.07) is 8.59. The lowest BCUT2D eigenvalue weighted by atomic mass is 10.1. The lowest BCUT2D eigenvalue weighted by Gasteiger charge is -2.00. The van der Waals surface area contributed by atoms with Crippen molar-refractivity contribution in [1.29, 1.82) is 0 Å². The minimum Gasteiger partial charge on any atom is -0.303 e. The molecule has 0 aliphatic heterocycles. The van der Waals surface area contributed by atoms with Gasteiger partial charge in [0.25, 0.3) is 0 Å². The molecule has 0 amide bonds. The van der Waals surface area contributed by atoms with Gasteiger partial charge in [-0.3, -0.25) is 0 Å². The first-order valence-electron chi connectivity index (χ1n) is 4.82. The van der Waals surface area contributed by atoms with E-state index in [9.17, 15) is 4.79 Å². The van der Waals surface area contributed by atoms with Crippen LogP contribution in [0.3, 0.4) is 0 Å². The fourth-order valence-corrected chi connectivity index (χ4v) is 1.31. The van der Waals surface area contributed by atoms with E-state index in [1.807, 2.05) is 0 Å². The third-order valence-electron chi connectivity index (χ3n) is 2.16. The number of unbranched alkanes of at least 4 members (excludes halogenated alkanes) is 2. The molecule has 0 saturated heterocycles. The monoisotopic (exact) mass is 176 g/mol.